The van der Waals surface area contributed by atoms with E-state index in [0.717, 1.165) is 12.2 Å². The van der Waals surface area contributed by atoms with Crippen LogP contribution in [0.15, 0.2) is 22.8 Å². The Morgan fingerprint density at radius 1 is 1.47 bits per heavy atom. The number of carbonyl (C=O) groups excluding carboxylic acids is 1. The molecule has 1 fully saturated rings. The normalized spacial score (nSPS) is 25.4. The van der Waals surface area contributed by atoms with Gasteiger partial charge in [0.15, 0.2) is 0 Å². The van der Waals surface area contributed by atoms with Gasteiger partial charge in [-0.2, -0.15) is 0 Å². The molecule has 0 bridgehead atoms. The first-order valence-electron chi connectivity index (χ1n) is 6.99. The number of amides is 1. The van der Waals surface area contributed by atoms with Crippen molar-refractivity contribution in [2.45, 2.75) is 46.2 Å². The molecule has 0 aliphatic heterocycles. The highest BCUT2D eigenvalue weighted by molar-refractivity contribution is 5.77. The second-order valence-corrected chi connectivity index (χ2v) is 6.39. The standard InChI is InChI=1S/C15H24N2O2/c1-11-7-15(2,3)8-13(11)16-10-14(18)17-9-12-5-4-6-19-12/h4-6,11,13,16H,7-10H2,1-3H3,(H,17,18)/t11-,13+/m0/s1. The zero-order valence-corrected chi connectivity index (χ0v) is 12.0. The van der Waals surface area contributed by atoms with Gasteiger partial charge in [-0.25, -0.2) is 0 Å². The van der Waals surface area contributed by atoms with Gasteiger partial charge in [0, 0.05) is 6.04 Å². The molecule has 1 aliphatic rings. The predicted molar refractivity (Wildman–Crippen MR) is 74.5 cm³/mol. The summed E-state index contributed by atoms with van der Waals surface area (Å²) in [4.78, 5) is 11.7. The van der Waals surface area contributed by atoms with Crippen LogP contribution in [0.25, 0.3) is 0 Å². The minimum Gasteiger partial charge on any atom is -0.467 e. The lowest BCUT2D eigenvalue weighted by molar-refractivity contribution is -0.120. The molecule has 2 atom stereocenters. The maximum atomic E-state index is 11.7. The summed E-state index contributed by atoms with van der Waals surface area (Å²) in [7, 11) is 0. The topological polar surface area (TPSA) is 54.3 Å². The molecule has 19 heavy (non-hydrogen) atoms. The van der Waals surface area contributed by atoms with Gasteiger partial charge in [-0.15, -0.1) is 0 Å². The highest BCUT2D eigenvalue weighted by Crippen LogP contribution is 2.40. The van der Waals surface area contributed by atoms with E-state index in [1.807, 2.05) is 12.1 Å². The molecule has 0 spiro atoms. The minimum atomic E-state index is 0.0216. The molecule has 1 saturated carbocycles. The van der Waals surface area contributed by atoms with Gasteiger partial charge in [0.25, 0.3) is 0 Å². The largest absolute Gasteiger partial charge is 0.467 e. The molecular formula is C15H24N2O2. The van der Waals surface area contributed by atoms with Gasteiger partial charge in [-0.05, 0) is 36.3 Å². The van der Waals surface area contributed by atoms with E-state index in [2.05, 4.69) is 31.4 Å². The zero-order chi connectivity index (χ0) is 13.9. The minimum absolute atomic E-state index is 0.0216. The monoisotopic (exact) mass is 264 g/mol. The van der Waals surface area contributed by atoms with Crippen LogP contribution in [0.2, 0.25) is 0 Å². The lowest BCUT2D eigenvalue weighted by Crippen LogP contribution is -2.40. The molecule has 1 heterocycles. The number of hydrogen-bond acceptors (Lipinski definition) is 3. The molecular weight excluding hydrogens is 240 g/mol. The Balaban J connectivity index is 1.69. The van der Waals surface area contributed by atoms with Crippen LogP contribution in [-0.4, -0.2) is 18.5 Å². The Morgan fingerprint density at radius 2 is 2.26 bits per heavy atom. The number of hydrogen-bond donors (Lipinski definition) is 2. The average molecular weight is 264 g/mol. The van der Waals surface area contributed by atoms with Crippen LogP contribution in [0, 0.1) is 11.3 Å². The van der Waals surface area contributed by atoms with Crippen LogP contribution in [0.1, 0.15) is 39.4 Å². The van der Waals surface area contributed by atoms with E-state index in [4.69, 9.17) is 4.42 Å². The molecule has 1 aromatic rings. The summed E-state index contributed by atoms with van der Waals surface area (Å²) >= 11 is 0. The summed E-state index contributed by atoms with van der Waals surface area (Å²) in [6, 6.07) is 4.13. The summed E-state index contributed by atoms with van der Waals surface area (Å²) in [6.07, 6.45) is 3.97. The molecule has 0 radical (unpaired) electrons. The van der Waals surface area contributed by atoms with Crippen molar-refractivity contribution in [2.75, 3.05) is 6.54 Å². The maximum Gasteiger partial charge on any atom is 0.234 e. The van der Waals surface area contributed by atoms with Crippen molar-refractivity contribution >= 4 is 5.91 Å². The highest BCUT2D eigenvalue weighted by Gasteiger charge is 2.36. The lowest BCUT2D eigenvalue weighted by atomic mass is 9.91. The third-order valence-corrected chi connectivity index (χ3v) is 3.90. The molecule has 0 unspecified atom stereocenters. The summed E-state index contributed by atoms with van der Waals surface area (Å²) in [5.74, 6) is 1.44. The average Bonchev–Trinajstić information content (AvgIpc) is 2.91. The van der Waals surface area contributed by atoms with Crippen LogP contribution in [-0.2, 0) is 11.3 Å². The van der Waals surface area contributed by atoms with Crippen molar-refractivity contribution in [3.05, 3.63) is 24.2 Å². The number of carbonyl (C=O) groups is 1. The van der Waals surface area contributed by atoms with Crippen LogP contribution < -0.4 is 10.6 Å². The van der Waals surface area contributed by atoms with E-state index in [-0.39, 0.29) is 5.91 Å². The van der Waals surface area contributed by atoms with Crippen molar-refractivity contribution in [2.24, 2.45) is 11.3 Å². The summed E-state index contributed by atoms with van der Waals surface area (Å²) in [5, 5.41) is 6.22. The summed E-state index contributed by atoms with van der Waals surface area (Å²) in [6.45, 7) is 7.68. The second kappa shape index (κ2) is 5.78. The lowest BCUT2D eigenvalue weighted by Gasteiger charge is -2.18. The van der Waals surface area contributed by atoms with Gasteiger partial charge in [0.1, 0.15) is 5.76 Å². The first-order valence-corrected chi connectivity index (χ1v) is 6.99. The van der Waals surface area contributed by atoms with Crippen LogP contribution in [0.5, 0.6) is 0 Å². The van der Waals surface area contributed by atoms with Gasteiger partial charge < -0.3 is 15.1 Å². The van der Waals surface area contributed by atoms with Crippen molar-refractivity contribution < 1.29 is 9.21 Å². The Labute approximate surface area is 114 Å². The molecule has 0 aromatic carbocycles. The van der Waals surface area contributed by atoms with E-state index in [9.17, 15) is 4.79 Å². The van der Waals surface area contributed by atoms with Crippen molar-refractivity contribution in [3.63, 3.8) is 0 Å². The fraction of sp³-hybridized carbons (Fsp3) is 0.667. The smallest absolute Gasteiger partial charge is 0.234 e. The fourth-order valence-electron chi connectivity index (χ4n) is 3.05. The van der Waals surface area contributed by atoms with Crippen molar-refractivity contribution in [1.29, 1.82) is 0 Å². The van der Waals surface area contributed by atoms with Gasteiger partial charge >= 0.3 is 0 Å². The molecule has 4 heteroatoms. The van der Waals surface area contributed by atoms with Gasteiger partial charge in [-0.1, -0.05) is 20.8 Å². The predicted octanol–water partition coefficient (Wildman–Crippen LogP) is 2.31. The van der Waals surface area contributed by atoms with E-state index in [0.29, 0.717) is 30.5 Å². The van der Waals surface area contributed by atoms with Gasteiger partial charge in [0.2, 0.25) is 5.91 Å². The van der Waals surface area contributed by atoms with E-state index < -0.39 is 0 Å². The first-order chi connectivity index (χ1) is 8.96. The van der Waals surface area contributed by atoms with Crippen molar-refractivity contribution in [1.82, 2.24) is 10.6 Å². The van der Waals surface area contributed by atoms with Crippen molar-refractivity contribution in [3.8, 4) is 0 Å². The summed E-state index contributed by atoms with van der Waals surface area (Å²) in [5.41, 5.74) is 0.391. The SMILES string of the molecule is C[C@H]1CC(C)(C)C[C@H]1NCC(=O)NCc1ccco1. The second-order valence-electron chi connectivity index (χ2n) is 6.39. The molecule has 1 aliphatic carbocycles. The number of furan rings is 1. The third-order valence-electron chi connectivity index (χ3n) is 3.90. The Morgan fingerprint density at radius 3 is 2.84 bits per heavy atom. The van der Waals surface area contributed by atoms with E-state index >= 15 is 0 Å². The Hall–Kier alpha value is -1.29. The number of rotatable bonds is 5. The van der Waals surface area contributed by atoms with Gasteiger partial charge in [0.05, 0.1) is 19.4 Å². The van der Waals surface area contributed by atoms with E-state index in [1.54, 1.807) is 6.26 Å². The highest BCUT2D eigenvalue weighted by atomic mass is 16.3. The molecule has 106 valence electrons. The molecule has 0 saturated heterocycles. The van der Waals surface area contributed by atoms with Crippen LogP contribution in [0.3, 0.4) is 0 Å². The number of nitrogens with one attached hydrogen (secondary N) is 2. The van der Waals surface area contributed by atoms with Crippen LogP contribution >= 0.6 is 0 Å². The molecule has 1 amide bonds. The Kier molecular flexibility index (Phi) is 4.30. The zero-order valence-electron chi connectivity index (χ0n) is 12.0. The van der Waals surface area contributed by atoms with Gasteiger partial charge in [-0.3, -0.25) is 4.79 Å². The molecule has 1 aromatic heterocycles. The molecule has 2 N–H and O–H groups in total. The Bertz CT molecular complexity index is 412. The third kappa shape index (κ3) is 4.10. The molecule has 4 nitrogen and oxygen atoms in total. The molecule has 2 rings (SSSR count). The summed E-state index contributed by atoms with van der Waals surface area (Å²) < 4.78 is 5.17. The maximum absolute atomic E-state index is 11.7. The fourth-order valence-corrected chi connectivity index (χ4v) is 3.05. The van der Waals surface area contributed by atoms with E-state index in [1.165, 1.54) is 6.42 Å². The van der Waals surface area contributed by atoms with Crippen LogP contribution in [0.4, 0.5) is 0 Å². The first kappa shape index (κ1) is 14.1. The quantitative estimate of drug-likeness (QED) is 0.858.